The van der Waals surface area contributed by atoms with E-state index in [-0.39, 0.29) is 5.91 Å². The number of aromatic nitrogens is 3. The van der Waals surface area contributed by atoms with E-state index >= 15 is 0 Å². The molecular formula is C22H24N6O. The first-order chi connectivity index (χ1) is 14.3. The van der Waals surface area contributed by atoms with Gasteiger partial charge in [0.1, 0.15) is 0 Å². The Morgan fingerprint density at radius 1 is 0.897 bits per heavy atom. The number of piperazine rings is 1. The van der Waals surface area contributed by atoms with E-state index in [0.29, 0.717) is 12.2 Å². The van der Waals surface area contributed by atoms with Crippen molar-refractivity contribution in [3.8, 4) is 0 Å². The molecule has 0 radical (unpaired) electrons. The van der Waals surface area contributed by atoms with Crippen LogP contribution >= 0.6 is 0 Å². The number of benzene rings is 1. The third-order valence-electron chi connectivity index (χ3n) is 4.98. The Labute approximate surface area is 170 Å². The van der Waals surface area contributed by atoms with Gasteiger partial charge in [0.05, 0.1) is 12.2 Å². The van der Waals surface area contributed by atoms with Crippen LogP contribution in [0.3, 0.4) is 0 Å². The predicted molar refractivity (Wildman–Crippen MR) is 111 cm³/mol. The van der Waals surface area contributed by atoms with Crippen LogP contribution in [0.25, 0.3) is 0 Å². The minimum atomic E-state index is -0.248. The van der Waals surface area contributed by atoms with E-state index in [4.69, 9.17) is 0 Å². The quantitative estimate of drug-likeness (QED) is 0.697. The lowest BCUT2D eigenvalue weighted by Crippen LogP contribution is -2.46. The summed E-state index contributed by atoms with van der Waals surface area (Å²) < 4.78 is 0. The molecule has 0 bridgehead atoms. The van der Waals surface area contributed by atoms with Crippen LogP contribution < -0.4 is 10.2 Å². The predicted octanol–water partition coefficient (Wildman–Crippen LogP) is 2.12. The Morgan fingerprint density at radius 3 is 2.38 bits per heavy atom. The summed E-state index contributed by atoms with van der Waals surface area (Å²) in [4.78, 5) is 21.1. The molecule has 1 fully saturated rings. The first-order valence-electron chi connectivity index (χ1n) is 9.81. The monoisotopic (exact) mass is 388 g/mol. The number of amides is 1. The summed E-state index contributed by atoms with van der Waals surface area (Å²) in [6, 6.07) is 19.7. The zero-order chi connectivity index (χ0) is 19.9. The highest BCUT2D eigenvalue weighted by atomic mass is 16.1. The van der Waals surface area contributed by atoms with Gasteiger partial charge in [0, 0.05) is 38.9 Å². The van der Waals surface area contributed by atoms with Crippen molar-refractivity contribution in [3.63, 3.8) is 0 Å². The molecule has 29 heavy (non-hydrogen) atoms. The Morgan fingerprint density at radius 2 is 1.69 bits per heavy atom. The number of carbonyl (C=O) groups excluding carboxylic acids is 1. The summed E-state index contributed by atoms with van der Waals surface area (Å²) in [6.45, 7) is 5.08. The minimum Gasteiger partial charge on any atom is -0.353 e. The van der Waals surface area contributed by atoms with E-state index in [1.54, 1.807) is 12.3 Å². The van der Waals surface area contributed by atoms with Crippen molar-refractivity contribution >= 4 is 11.7 Å². The number of hydrogen-bond donors (Lipinski definition) is 1. The topological polar surface area (TPSA) is 74.2 Å². The van der Waals surface area contributed by atoms with Crippen LogP contribution in [0.2, 0.25) is 0 Å². The fourth-order valence-corrected chi connectivity index (χ4v) is 3.36. The van der Waals surface area contributed by atoms with E-state index in [9.17, 15) is 4.79 Å². The van der Waals surface area contributed by atoms with Crippen LogP contribution in [0.15, 0.2) is 66.9 Å². The van der Waals surface area contributed by atoms with Gasteiger partial charge >= 0.3 is 0 Å². The van der Waals surface area contributed by atoms with Crippen LogP contribution in [-0.2, 0) is 13.1 Å². The van der Waals surface area contributed by atoms with Crippen molar-refractivity contribution < 1.29 is 4.79 Å². The van der Waals surface area contributed by atoms with E-state index in [1.807, 2.05) is 30.3 Å². The van der Waals surface area contributed by atoms with Crippen LogP contribution in [0.1, 0.15) is 21.7 Å². The maximum atomic E-state index is 12.3. The smallest absolute Gasteiger partial charge is 0.272 e. The molecule has 0 aliphatic carbocycles. The summed E-state index contributed by atoms with van der Waals surface area (Å²) in [5, 5.41) is 11.2. The normalized spacial score (nSPS) is 14.6. The molecule has 4 rings (SSSR count). The Kier molecular flexibility index (Phi) is 6.07. The molecule has 0 saturated carbocycles. The molecule has 3 aromatic rings. The molecule has 0 atom stereocenters. The van der Waals surface area contributed by atoms with E-state index in [2.05, 4.69) is 54.6 Å². The molecule has 7 nitrogen and oxygen atoms in total. The van der Waals surface area contributed by atoms with Crippen molar-refractivity contribution in [1.82, 2.24) is 25.4 Å². The molecule has 1 N–H and O–H groups in total. The highest BCUT2D eigenvalue weighted by molar-refractivity contribution is 5.92. The third-order valence-corrected chi connectivity index (χ3v) is 4.98. The minimum absolute atomic E-state index is 0.248. The van der Waals surface area contributed by atoms with Gasteiger partial charge in [-0.15, -0.1) is 10.2 Å². The lowest BCUT2D eigenvalue weighted by atomic mass is 10.2. The van der Waals surface area contributed by atoms with Gasteiger partial charge in [-0.3, -0.25) is 14.7 Å². The zero-order valence-electron chi connectivity index (χ0n) is 16.2. The maximum absolute atomic E-state index is 12.3. The Balaban J connectivity index is 1.27. The van der Waals surface area contributed by atoms with Gasteiger partial charge in [-0.2, -0.15) is 0 Å². The van der Waals surface area contributed by atoms with Gasteiger partial charge < -0.3 is 10.2 Å². The number of pyridine rings is 1. The number of rotatable bonds is 6. The molecule has 1 saturated heterocycles. The highest BCUT2D eigenvalue weighted by Crippen LogP contribution is 2.14. The van der Waals surface area contributed by atoms with Crippen LogP contribution in [-0.4, -0.2) is 52.2 Å². The van der Waals surface area contributed by atoms with Crippen molar-refractivity contribution in [3.05, 3.63) is 83.8 Å². The number of anilines is 1. The van der Waals surface area contributed by atoms with E-state index < -0.39 is 0 Å². The van der Waals surface area contributed by atoms with E-state index in [0.717, 1.165) is 44.2 Å². The molecule has 2 aromatic heterocycles. The second-order valence-electron chi connectivity index (χ2n) is 7.03. The van der Waals surface area contributed by atoms with Gasteiger partial charge in [-0.05, 0) is 29.8 Å². The molecule has 1 amide bonds. The summed E-state index contributed by atoms with van der Waals surface area (Å²) in [5.74, 6) is 0.563. The molecule has 148 valence electrons. The highest BCUT2D eigenvalue weighted by Gasteiger charge is 2.19. The average molecular weight is 388 g/mol. The lowest BCUT2D eigenvalue weighted by molar-refractivity contribution is 0.0944. The second kappa shape index (κ2) is 9.25. The SMILES string of the molecule is O=C(NCc1ccccn1)c1ccc(N2CCN(Cc3ccccc3)CC2)nn1. The fraction of sp³-hybridized carbons (Fsp3) is 0.273. The van der Waals surface area contributed by atoms with Crippen molar-refractivity contribution in [1.29, 1.82) is 0 Å². The van der Waals surface area contributed by atoms with E-state index in [1.165, 1.54) is 5.56 Å². The van der Waals surface area contributed by atoms with Crippen LogP contribution in [0, 0.1) is 0 Å². The van der Waals surface area contributed by atoms with Gasteiger partial charge in [-0.25, -0.2) is 0 Å². The average Bonchev–Trinajstić information content (AvgIpc) is 2.79. The first-order valence-corrected chi connectivity index (χ1v) is 9.81. The van der Waals surface area contributed by atoms with Crippen molar-refractivity contribution in [2.45, 2.75) is 13.1 Å². The number of nitrogens with one attached hydrogen (secondary N) is 1. The Hall–Kier alpha value is -3.32. The second-order valence-corrected chi connectivity index (χ2v) is 7.03. The first kappa shape index (κ1) is 19.0. The molecule has 0 unspecified atom stereocenters. The molecular weight excluding hydrogens is 364 g/mol. The maximum Gasteiger partial charge on any atom is 0.272 e. The standard InChI is InChI=1S/C22H24N6O/c29-22(24-16-19-8-4-5-11-23-19)20-9-10-21(26-25-20)28-14-12-27(13-15-28)17-18-6-2-1-3-7-18/h1-11H,12-17H2,(H,24,29). The number of hydrogen-bond acceptors (Lipinski definition) is 6. The van der Waals surface area contributed by atoms with Gasteiger partial charge in [0.15, 0.2) is 11.5 Å². The lowest BCUT2D eigenvalue weighted by Gasteiger charge is -2.35. The molecule has 1 aromatic carbocycles. The van der Waals surface area contributed by atoms with Gasteiger partial charge in [0.25, 0.3) is 5.91 Å². The fourth-order valence-electron chi connectivity index (χ4n) is 3.36. The van der Waals surface area contributed by atoms with Crippen LogP contribution in [0.5, 0.6) is 0 Å². The third kappa shape index (κ3) is 5.14. The van der Waals surface area contributed by atoms with Crippen molar-refractivity contribution in [2.75, 3.05) is 31.1 Å². The Bertz CT molecular complexity index is 909. The number of nitrogens with zero attached hydrogens (tertiary/aromatic N) is 5. The van der Waals surface area contributed by atoms with Gasteiger partial charge in [0.2, 0.25) is 0 Å². The molecule has 7 heteroatoms. The molecule has 3 heterocycles. The van der Waals surface area contributed by atoms with Crippen LogP contribution in [0.4, 0.5) is 5.82 Å². The summed E-state index contributed by atoms with van der Waals surface area (Å²) in [6.07, 6.45) is 1.70. The zero-order valence-corrected chi connectivity index (χ0v) is 16.2. The number of carbonyl (C=O) groups is 1. The summed E-state index contributed by atoms with van der Waals surface area (Å²) >= 11 is 0. The summed E-state index contributed by atoms with van der Waals surface area (Å²) in [7, 11) is 0. The van der Waals surface area contributed by atoms with Crippen molar-refractivity contribution in [2.24, 2.45) is 0 Å². The van der Waals surface area contributed by atoms with Gasteiger partial charge in [-0.1, -0.05) is 36.4 Å². The summed E-state index contributed by atoms with van der Waals surface area (Å²) in [5.41, 5.74) is 2.45. The largest absolute Gasteiger partial charge is 0.353 e. The molecule has 1 aliphatic rings. The molecule has 0 spiro atoms. The molecule has 1 aliphatic heterocycles.